The molecule has 1 N–H and O–H groups in total. The number of hydrogen-bond acceptors (Lipinski definition) is 3. The van der Waals surface area contributed by atoms with Crippen LogP contribution in [0.5, 0.6) is 0 Å². The monoisotopic (exact) mass is 275 g/mol. The average Bonchev–Trinajstić information content (AvgIpc) is 2.74. The molecule has 0 aromatic carbocycles. The van der Waals surface area contributed by atoms with Crippen molar-refractivity contribution in [2.75, 3.05) is 25.5 Å². The van der Waals surface area contributed by atoms with Gasteiger partial charge in [0, 0.05) is 31.4 Å². The van der Waals surface area contributed by atoms with Crippen LogP contribution in [0.25, 0.3) is 0 Å². The van der Waals surface area contributed by atoms with E-state index >= 15 is 0 Å². The van der Waals surface area contributed by atoms with E-state index < -0.39 is 0 Å². The standard InChI is InChI=1S/C16H25N3O/c1-12(2)14-10-13(11-15(17-3)18-14)16(20)19-8-6-4-5-7-9-19/h10-12H,4-9H2,1-3H3,(H,17,18). The summed E-state index contributed by atoms with van der Waals surface area (Å²) in [6.45, 7) is 5.96. The van der Waals surface area contributed by atoms with Gasteiger partial charge >= 0.3 is 0 Å². The molecule has 2 rings (SSSR count). The van der Waals surface area contributed by atoms with E-state index in [0.29, 0.717) is 5.92 Å². The van der Waals surface area contributed by atoms with Gasteiger partial charge in [0.1, 0.15) is 5.82 Å². The Morgan fingerprint density at radius 1 is 1.20 bits per heavy atom. The number of pyridine rings is 1. The molecule has 1 aliphatic rings. The number of likely N-dealkylation sites (tertiary alicyclic amines) is 1. The number of anilines is 1. The summed E-state index contributed by atoms with van der Waals surface area (Å²) in [5.74, 6) is 1.24. The lowest BCUT2D eigenvalue weighted by Crippen LogP contribution is -2.32. The Morgan fingerprint density at radius 3 is 2.40 bits per heavy atom. The summed E-state index contributed by atoms with van der Waals surface area (Å²) in [7, 11) is 1.84. The van der Waals surface area contributed by atoms with Crippen molar-refractivity contribution in [3.63, 3.8) is 0 Å². The summed E-state index contributed by atoms with van der Waals surface area (Å²) in [5, 5.41) is 3.05. The largest absolute Gasteiger partial charge is 0.373 e. The number of hydrogen-bond donors (Lipinski definition) is 1. The zero-order valence-electron chi connectivity index (χ0n) is 12.8. The van der Waals surface area contributed by atoms with Crippen LogP contribution in [0.15, 0.2) is 12.1 Å². The highest BCUT2D eigenvalue weighted by Crippen LogP contribution is 2.20. The van der Waals surface area contributed by atoms with Crippen molar-refractivity contribution in [3.05, 3.63) is 23.4 Å². The number of amides is 1. The van der Waals surface area contributed by atoms with Crippen molar-refractivity contribution in [1.29, 1.82) is 0 Å². The normalized spacial score (nSPS) is 16.1. The summed E-state index contributed by atoms with van der Waals surface area (Å²) >= 11 is 0. The smallest absolute Gasteiger partial charge is 0.254 e. The molecular weight excluding hydrogens is 250 g/mol. The predicted molar refractivity (Wildman–Crippen MR) is 82.2 cm³/mol. The van der Waals surface area contributed by atoms with Crippen LogP contribution in [0.2, 0.25) is 0 Å². The summed E-state index contributed by atoms with van der Waals surface area (Å²) in [5.41, 5.74) is 1.73. The Bertz CT molecular complexity index is 463. The summed E-state index contributed by atoms with van der Waals surface area (Å²) in [4.78, 5) is 19.2. The topological polar surface area (TPSA) is 45.2 Å². The zero-order chi connectivity index (χ0) is 14.5. The van der Waals surface area contributed by atoms with Crippen molar-refractivity contribution in [2.24, 2.45) is 0 Å². The van der Waals surface area contributed by atoms with Gasteiger partial charge in [0.15, 0.2) is 0 Å². The minimum absolute atomic E-state index is 0.146. The molecule has 1 aromatic rings. The van der Waals surface area contributed by atoms with Crippen LogP contribution in [0.1, 0.15) is 61.5 Å². The number of aromatic nitrogens is 1. The number of rotatable bonds is 3. The van der Waals surface area contributed by atoms with Gasteiger partial charge in [0.25, 0.3) is 5.91 Å². The molecule has 20 heavy (non-hydrogen) atoms. The highest BCUT2D eigenvalue weighted by atomic mass is 16.2. The molecule has 0 radical (unpaired) electrons. The molecule has 0 unspecified atom stereocenters. The fourth-order valence-electron chi connectivity index (χ4n) is 2.56. The van der Waals surface area contributed by atoms with Crippen molar-refractivity contribution in [1.82, 2.24) is 9.88 Å². The van der Waals surface area contributed by atoms with Crippen LogP contribution in [-0.4, -0.2) is 35.9 Å². The van der Waals surface area contributed by atoms with E-state index in [4.69, 9.17) is 0 Å². The number of nitrogens with one attached hydrogen (secondary N) is 1. The molecule has 1 saturated heterocycles. The number of carbonyl (C=O) groups excluding carboxylic acids is 1. The van der Waals surface area contributed by atoms with Gasteiger partial charge in [-0.3, -0.25) is 4.79 Å². The fourth-order valence-corrected chi connectivity index (χ4v) is 2.56. The first-order valence-corrected chi connectivity index (χ1v) is 7.61. The highest BCUT2D eigenvalue weighted by Gasteiger charge is 2.19. The van der Waals surface area contributed by atoms with Crippen molar-refractivity contribution >= 4 is 11.7 Å². The second-order valence-electron chi connectivity index (χ2n) is 5.78. The first kappa shape index (κ1) is 14.8. The first-order chi connectivity index (χ1) is 9.61. The number of carbonyl (C=O) groups is 1. The molecule has 0 atom stereocenters. The minimum Gasteiger partial charge on any atom is -0.373 e. The van der Waals surface area contributed by atoms with Gasteiger partial charge in [0.2, 0.25) is 0 Å². The molecule has 0 aliphatic carbocycles. The molecule has 4 nitrogen and oxygen atoms in total. The third-order valence-electron chi connectivity index (χ3n) is 3.83. The maximum atomic E-state index is 12.7. The summed E-state index contributed by atoms with van der Waals surface area (Å²) in [6, 6.07) is 3.80. The van der Waals surface area contributed by atoms with Crippen molar-refractivity contribution < 1.29 is 4.79 Å². The average molecular weight is 275 g/mol. The molecule has 4 heteroatoms. The maximum Gasteiger partial charge on any atom is 0.254 e. The van der Waals surface area contributed by atoms with E-state index in [2.05, 4.69) is 24.1 Å². The Balaban J connectivity index is 2.25. The highest BCUT2D eigenvalue weighted by molar-refractivity contribution is 5.95. The van der Waals surface area contributed by atoms with Crippen LogP contribution < -0.4 is 5.32 Å². The van der Waals surface area contributed by atoms with Crippen LogP contribution in [0.3, 0.4) is 0 Å². The fraction of sp³-hybridized carbons (Fsp3) is 0.625. The minimum atomic E-state index is 0.146. The van der Waals surface area contributed by atoms with E-state index in [9.17, 15) is 4.79 Å². The SMILES string of the molecule is CNc1cc(C(=O)N2CCCCCC2)cc(C(C)C)n1. The van der Waals surface area contributed by atoms with Gasteiger partial charge in [-0.15, -0.1) is 0 Å². The molecule has 0 bridgehead atoms. The van der Waals surface area contributed by atoms with Gasteiger partial charge in [-0.2, -0.15) is 0 Å². The molecular formula is C16H25N3O. The zero-order valence-corrected chi connectivity index (χ0v) is 12.8. The molecule has 1 fully saturated rings. The van der Waals surface area contributed by atoms with Gasteiger partial charge in [-0.05, 0) is 30.9 Å². The summed E-state index contributed by atoms with van der Waals surface area (Å²) < 4.78 is 0. The Kier molecular flexibility index (Phi) is 4.99. The Labute approximate surface area is 121 Å². The predicted octanol–water partition coefficient (Wildman–Crippen LogP) is 3.26. The van der Waals surface area contributed by atoms with Gasteiger partial charge in [-0.25, -0.2) is 4.98 Å². The molecule has 1 aliphatic heterocycles. The van der Waals surface area contributed by atoms with Gasteiger partial charge < -0.3 is 10.2 Å². The quantitative estimate of drug-likeness (QED) is 0.921. The number of nitrogens with zero attached hydrogens (tertiary/aromatic N) is 2. The van der Waals surface area contributed by atoms with E-state index in [1.165, 1.54) is 12.8 Å². The van der Waals surface area contributed by atoms with E-state index in [1.54, 1.807) is 0 Å². The Hall–Kier alpha value is -1.58. The van der Waals surface area contributed by atoms with Crippen LogP contribution in [-0.2, 0) is 0 Å². The van der Waals surface area contributed by atoms with Gasteiger partial charge in [0.05, 0.1) is 0 Å². The van der Waals surface area contributed by atoms with Crippen LogP contribution >= 0.6 is 0 Å². The molecule has 0 spiro atoms. The van der Waals surface area contributed by atoms with Crippen LogP contribution in [0.4, 0.5) is 5.82 Å². The Morgan fingerprint density at radius 2 is 1.85 bits per heavy atom. The molecule has 110 valence electrons. The van der Waals surface area contributed by atoms with Crippen LogP contribution in [0, 0.1) is 0 Å². The molecule has 2 heterocycles. The first-order valence-electron chi connectivity index (χ1n) is 7.61. The van der Waals surface area contributed by atoms with E-state index in [0.717, 1.165) is 43.0 Å². The van der Waals surface area contributed by atoms with Gasteiger partial charge in [-0.1, -0.05) is 26.7 Å². The maximum absolute atomic E-state index is 12.7. The second kappa shape index (κ2) is 6.73. The van der Waals surface area contributed by atoms with Crippen molar-refractivity contribution in [3.8, 4) is 0 Å². The molecule has 1 aromatic heterocycles. The molecule has 0 saturated carbocycles. The lowest BCUT2D eigenvalue weighted by Gasteiger charge is -2.21. The third-order valence-corrected chi connectivity index (χ3v) is 3.83. The lowest BCUT2D eigenvalue weighted by molar-refractivity contribution is 0.0761. The van der Waals surface area contributed by atoms with E-state index in [1.807, 2.05) is 24.1 Å². The molecule has 1 amide bonds. The third kappa shape index (κ3) is 3.50. The lowest BCUT2D eigenvalue weighted by atomic mass is 10.1. The van der Waals surface area contributed by atoms with Crippen molar-refractivity contribution in [2.45, 2.75) is 45.4 Å². The van der Waals surface area contributed by atoms with E-state index in [-0.39, 0.29) is 5.91 Å². The summed E-state index contributed by atoms with van der Waals surface area (Å²) in [6.07, 6.45) is 4.71. The second-order valence-corrected chi connectivity index (χ2v) is 5.78.